The number of hydrogen-bond acceptors (Lipinski definition) is 3. The summed E-state index contributed by atoms with van der Waals surface area (Å²) >= 11 is 0. The summed E-state index contributed by atoms with van der Waals surface area (Å²) in [5.41, 5.74) is 0.468. The van der Waals surface area contributed by atoms with Gasteiger partial charge in [0.15, 0.2) is 6.21 Å². The Balaban J connectivity index is 2.41. The van der Waals surface area contributed by atoms with Crippen molar-refractivity contribution in [3.05, 3.63) is 46.6 Å². The van der Waals surface area contributed by atoms with Crippen molar-refractivity contribution in [3.63, 3.8) is 0 Å². The summed E-state index contributed by atoms with van der Waals surface area (Å²) in [5.74, 6) is 0. The molecule has 0 N–H and O–H groups in total. The molecule has 4 nitrogen and oxygen atoms in total. The van der Waals surface area contributed by atoms with Gasteiger partial charge in [-0.1, -0.05) is 0 Å². The van der Waals surface area contributed by atoms with Crippen LogP contribution in [0.3, 0.4) is 0 Å². The lowest BCUT2D eigenvalue weighted by Gasteiger charge is -2.36. The minimum atomic E-state index is -0.447. The molecule has 0 spiro atoms. The van der Waals surface area contributed by atoms with Crippen molar-refractivity contribution in [2.75, 3.05) is 0 Å². The number of hydrogen-bond donors (Lipinski definition) is 0. The number of fused-ring (bicyclic) bond motifs is 1. The van der Waals surface area contributed by atoms with Crippen LogP contribution in [0.4, 0.5) is 0 Å². The predicted molar refractivity (Wildman–Crippen MR) is 45.0 cm³/mol. The summed E-state index contributed by atoms with van der Waals surface area (Å²) in [5, 5.41) is 23.0. The zero-order valence-corrected chi connectivity index (χ0v) is 6.25. The average molecular weight is 163 g/mol. The van der Waals surface area contributed by atoms with Crippen molar-refractivity contribution >= 4 is 6.21 Å². The van der Waals surface area contributed by atoms with E-state index in [0.717, 1.165) is 5.06 Å². The first kappa shape index (κ1) is 7.12. The van der Waals surface area contributed by atoms with E-state index in [1.807, 2.05) is 0 Å². The Labute approximate surface area is 69.6 Å². The normalized spacial score (nSPS) is 26.4. The van der Waals surface area contributed by atoms with E-state index in [9.17, 15) is 10.4 Å². The molecular weight excluding hydrogens is 156 g/mol. The first-order chi connectivity index (χ1) is 5.79. The third-order valence-electron chi connectivity index (χ3n) is 1.85. The van der Waals surface area contributed by atoms with Crippen LogP contribution in [-0.2, 0) is 0 Å². The van der Waals surface area contributed by atoms with Crippen LogP contribution in [0.5, 0.6) is 0 Å². The van der Waals surface area contributed by atoms with Crippen LogP contribution in [0.1, 0.15) is 0 Å². The molecular formula is C8H7N2O2-. The van der Waals surface area contributed by atoms with Gasteiger partial charge in [0, 0.05) is 12.2 Å². The molecule has 1 unspecified atom stereocenters. The molecule has 0 aromatic rings. The standard InChI is InChI=1S/C8H7N2O2/c11-9-5-1-3-7-8(9)4-2-6-10(7)12/h1-7H/q-1. The molecule has 0 aromatic heterocycles. The van der Waals surface area contributed by atoms with Gasteiger partial charge in [0.25, 0.3) is 0 Å². The highest BCUT2D eigenvalue weighted by atomic mass is 16.5. The van der Waals surface area contributed by atoms with Gasteiger partial charge < -0.3 is 15.5 Å². The quantitative estimate of drug-likeness (QED) is 0.390. The van der Waals surface area contributed by atoms with Gasteiger partial charge >= 0.3 is 0 Å². The summed E-state index contributed by atoms with van der Waals surface area (Å²) in [6.45, 7) is 0. The van der Waals surface area contributed by atoms with Crippen molar-refractivity contribution in [1.29, 1.82) is 0 Å². The Morgan fingerprint density at radius 3 is 3.00 bits per heavy atom. The van der Waals surface area contributed by atoms with Crippen molar-refractivity contribution in [2.24, 2.45) is 0 Å². The minimum Gasteiger partial charge on any atom is -0.758 e. The van der Waals surface area contributed by atoms with Gasteiger partial charge in [-0.05, 0) is 18.4 Å². The molecule has 0 aromatic carbocycles. The van der Waals surface area contributed by atoms with Gasteiger partial charge in [0.05, 0.1) is 0 Å². The van der Waals surface area contributed by atoms with Gasteiger partial charge in [-0.15, -0.1) is 0 Å². The second kappa shape index (κ2) is 2.49. The smallest absolute Gasteiger partial charge is 0.218 e. The molecule has 2 aliphatic heterocycles. The fraction of sp³-hybridized carbons (Fsp3) is 0.125. The Hall–Kier alpha value is -1.55. The highest BCUT2D eigenvalue weighted by Gasteiger charge is 2.22. The van der Waals surface area contributed by atoms with Crippen molar-refractivity contribution < 1.29 is 4.74 Å². The van der Waals surface area contributed by atoms with Gasteiger partial charge in [-0.2, -0.15) is 4.74 Å². The Kier molecular flexibility index (Phi) is 1.48. The van der Waals surface area contributed by atoms with Crippen LogP contribution in [0.15, 0.2) is 36.2 Å². The van der Waals surface area contributed by atoms with E-state index in [2.05, 4.69) is 0 Å². The molecule has 0 saturated carbocycles. The summed E-state index contributed by atoms with van der Waals surface area (Å²) in [7, 11) is 0. The molecule has 0 saturated heterocycles. The van der Waals surface area contributed by atoms with Gasteiger partial charge in [-0.25, -0.2) is 0 Å². The first-order valence-corrected chi connectivity index (χ1v) is 3.61. The summed E-state index contributed by atoms with van der Waals surface area (Å²) in [6, 6.07) is -0.447. The number of rotatable bonds is 0. The van der Waals surface area contributed by atoms with E-state index < -0.39 is 6.04 Å². The van der Waals surface area contributed by atoms with E-state index >= 15 is 0 Å². The molecule has 2 aliphatic rings. The lowest BCUT2D eigenvalue weighted by Crippen LogP contribution is -2.33. The molecule has 1 atom stereocenters. The maximum atomic E-state index is 11.1. The molecule has 62 valence electrons. The van der Waals surface area contributed by atoms with Crippen molar-refractivity contribution in [2.45, 2.75) is 6.04 Å². The van der Waals surface area contributed by atoms with Crippen LogP contribution in [0.2, 0.25) is 0 Å². The van der Waals surface area contributed by atoms with Crippen molar-refractivity contribution in [1.82, 2.24) is 5.06 Å². The highest BCUT2D eigenvalue weighted by Crippen LogP contribution is 2.18. The average Bonchev–Trinajstić information content (AvgIpc) is 2.07. The number of allylic oxidation sites excluding steroid dienone is 3. The maximum absolute atomic E-state index is 11.1. The molecule has 0 radical (unpaired) electrons. The summed E-state index contributed by atoms with van der Waals surface area (Å²) < 4.78 is 0.707. The van der Waals surface area contributed by atoms with E-state index in [1.165, 1.54) is 12.4 Å². The molecule has 2 heterocycles. The van der Waals surface area contributed by atoms with Gasteiger partial charge in [0.2, 0.25) is 5.70 Å². The highest BCUT2D eigenvalue weighted by molar-refractivity contribution is 5.68. The van der Waals surface area contributed by atoms with E-state index in [4.69, 9.17) is 0 Å². The van der Waals surface area contributed by atoms with Gasteiger partial charge in [-0.3, -0.25) is 0 Å². The van der Waals surface area contributed by atoms with Crippen LogP contribution < -0.4 is 0 Å². The Morgan fingerprint density at radius 1 is 1.42 bits per heavy atom. The topological polar surface area (TPSA) is 52.4 Å². The van der Waals surface area contributed by atoms with Crippen molar-refractivity contribution in [3.8, 4) is 0 Å². The van der Waals surface area contributed by atoms with Gasteiger partial charge in [0.1, 0.15) is 6.04 Å². The summed E-state index contributed by atoms with van der Waals surface area (Å²) in [4.78, 5) is 0. The third-order valence-corrected chi connectivity index (χ3v) is 1.85. The molecule has 12 heavy (non-hydrogen) atoms. The minimum absolute atomic E-state index is 0.447. The fourth-order valence-electron chi connectivity index (χ4n) is 1.25. The lowest BCUT2D eigenvalue weighted by molar-refractivity contribution is -0.403. The number of nitrogens with zero attached hydrogens (tertiary/aromatic N) is 2. The summed E-state index contributed by atoms with van der Waals surface area (Å²) in [6.07, 6.45) is 9.27. The Bertz CT molecular complexity index is 315. The molecule has 2 rings (SSSR count). The Morgan fingerprint density at radius 2 is 2.25 bits per heavy atom. The molecule has 4 heteroatoms. The lowest BCUT2D eigenvalue weighted by atomic mass is 10.1. The molecule has 0 amide bonds. The van der Waals surface area contributed by atoms with Crippen LogP contribution in [-0.4, -0.2) is 22.1 Å². The second-order valence-electron chi connectivity index (χ2n) is 2.60. The molecule has 0 aliphatic carbocycles. The fourth-order valence-corrected chi connectivity index (χ4v) is 1.25. The first-order valence-electron chi connectivity index (χ1n) is 3.61. The predicted octanol–water partition coefficient (Wildman–Crippen LogP) is 0.717. The largest absolute Gasteiger partial charge is 0.758 e. The van der Waals surface area contributed by atoms with Crippen LogP contribution in [0, 0.1) is 10.4 Å². The number of hydroxylamine groups is 3. The maximum Gasteiger partial charge on any atom is 0.218 e. The third kappa shape index (κ3) is 0.931. The molecule has 0 fully saturated rings. The van der Waals surface area contributed by atoms with E-state index in [-0.39, 0.29) is 0 Å². The molecule has 0 bridgehead atoms. The van der Waals surface area contributed by atoms with Crippen LogP contribution >= 0.6 is 0 Å². The SMILES string of the molecule is [O-]N1C=CC=C2C1C=CC=[N+]2[O-]. The van der Waals surface area contributed by atoms with E-state index in [1.54, 1.807) is 24.3 Å². The van der Waals surface area contributed by atoms with Crippen LogP contribution in [0.25, 0.3) is 0 Å². The zero-order valence-electron chi connectivity index (χ0n) is 6.25. The second-order valence-corrected chi connectivity index (χ2v) is 2.60. The van der Waals surface area contributed by atoms with E-state index in [0.29, 0.717) is 10.4 Å². The monoisotopic (exact) mass is 163 g/mol. The zero-order chi connectivity index (χ0) is 8.55.